The van der Waals surface area contributed by atoms with Gasteiger partial charge in [0, 0.05) is 29.0 Å². The van der Waals surface area contributed by atoms with Crippen LogP contribution in [0.25, 0.3) is 0 Å². The molecular weight excluding hydrogens is 686 g/mol. The number of carbonyl (C=O) groups excluding carboxylic acids is 2. The van der Waals surface area contributed by atoms with Gasteiger partial charge < -0.3 is 10.2 Å². The molecule has 0 fully saturated rings. The predicted octanol–water partition coefficient (Wildman–Crippen LogP) is 7.33. The lowest BCUT2D eigenvalue weighted by molar-refractivity contribution is -0.140. The first kappa shape index (κ1) is 35.2. The highest BCUT2D eigenvalue weighted by Crippen LogP contribution is 2.30. The van der Waals surface area contributed by atoms with Crippen LogP contribution in [-0.2, 0) is 32.6 Å². The van der Waals surface area contributed by atoms with Gasteiger partial charge in [0.1, 0.15) is 12.6 Å². The molecule has 0 aromatic heterocycles. The van der Waals surface area contributed by atoms with Crippen molar-refractivity contribution in [2.45, 2.75) is 51.6 Å². The number of halogens is 2. The van der Waals surface area contributed by atoms with E-state index >= 15 is 0 Å². The van der Waals surface area contributed by atoms with Crippen molar-refractivity contribution in [3.05, 3.63) is 129 Å². The number of rotatable bonds is 13. The molecule has 1 N–H and O–H groups in total. The summed E-state index contributed by atoms with van der Waals surface area (Å²) >= 11 is 9.75. The Bertz CT molecular complexity index is 1770. The molecule has 1 atom stereocenters. The molecule has 242 valence electrons. The summed E-state index contributed by atoms with van der Waals surface area (Å²) in [5.74, 6) is -0.638. The highest BCUT2D eigenvalue weighted by Gasteiger charge is 2.35. The second-order valence-corrected chi connectivity index (χ2v) is 15.0. The van der Waals surface area contributed by atoms with E-state index in [0.717, 1.165) is 25.5 Å². The molecule has 0 saturated heterocycles. The highest BCUT2D eigenvalue weighted by molar-refractivity contribution is 9.10. The van der Waals surface area contributed by atoms with Gasteiger partial charge in [0.15, 0.2) is 0 Å². The zero-order valence-electron chi connectivity index (χ0n) is 26.4. The standard InChI is InChI=1S/C36H39BrClN3O4S/c1-25(2)22-39-36(43)34(21-28-9-6-5-7-10-28)40(23-29-11-8-12-30(37)20-29)35(42)24-41(33-18-15-31(38)19-27(33)4)46(44,45)32-16-13-26(3)14-17-32/h5-20,25,34H,21-24H2,1-4H3,(H,39,43). The van der Waals surface area contributed by atoms with E-state index in [2.05, 4.69) is 21.2 Å². The average Bonchev–Trinajstić information content (AvgIpc) is 3.01. The van der Waals surface area contributed by atoms with Gasteiger partial charge in [-0.05, 0) is 78.9 Å². The van der Waals surface area contributed by atoms with Crippen molar-refractivity contribution in [2.75, 3.05) is 17.4 Å². The van der Waals surface area contributed by atoms with E-state index in [9.17, 15) is 18.0 Å². The lowest BCUT2D eigenvalue weighted by Gasteiger charge is -2.34. The lowest BCUT2D eigenvalue weighted by atomic mass is 10.0. The third kappa shape index (κ3) is 9.21. The van der Waals surface area contributed by atoms with Crippen LogP contribution >= 0.6 is 27.5 Å². The molecule has 0 saturated carbocycles. The first-order valence-corrected chi connectivity index (χ1v) is 17.7. The van der Waals surface area contributed by atoms with E-state index in [1.165, 1.54) is 17.0 Å². The van der Waals surface area contributed by atoms with E-state index < -0.39 is 28.5 Å². The molecule has 10 heteroatoms. The molecule has 0 aliphatic carbocycles. The number of nitrogens with zero attached hydrogens (tertiary/aromatic N) is 2. The summed E-state index contributed by atoms with van der Waals surface area (Å²) in [5, 5.41) is 3.45. The molecule has 46 heavy (non-hydrogen) atoms. The van der Waals surface area contributed by atoms with Crippen LogP contribution in [0.15, 0.2) is 106 Å². The SMILES string of the molecule is Cc1ccc(S(=O)(=O)N(CC(=O)N(Cc2cccc(Br)c2)C(Cc2ccccc2)C(=O)NCC(C)C)c2ccc(Cl)cc2C)cc1. The summed E-state index contributed by atoms with van der Waals surface area (Å²) in [6.45, 7) is 7.61. The predicted molar refractivity (Wildman–Crippen MR) is 188 cm³/mol. The summed E-state index contributed by atoms with van der Waals surface area (Å²) in [6, 6.07) is 27.4. The quantitative estimate of drug-likeness (QED) is 0.157. The molecule has 1 unspecified atom stereocenters. The van der Waals surface area contributed by atoms with Gasteiger partial charge in [-0.1, -0.05) is 102 Å². The molecule has 0 spiro atoms. The van der Waals surface area contributed by atoms with E-state index in [-0.39, 0.29) is 29.7 Å². The van der Waals surface area contributed by atoms with Crippen LogP contribution < -0.4 is 9.62 Å². The maximum atomic E-state index is 14.6. The molecule has 0 radical (unpaired) electrons. The number of hydrogen-bond donors (Lipinski definition) is 1. The first-order chi connectivity index (χ1) is 21.8. The molecule has 2 amide bonds. The minimum atomic E-state index is -4.21. The van der Waals surface area contributed by atoms with Crippen molar-refractivity contribution in [2.24, 2.45) is 5.92 Å². The number of aryl methyl sites for hydroxylation is 2. The second kappa shape index (κ2) is 15.8. The molecule has 0 bridgehead atoms. The molecule has 0 heterocycles. The second-order valence-electron chi connectivity index (χ2n) is 11.8. The van der Waals surface area contributed by atoms with Crippen LogP contribution in [0.1, 0.15) is 36.1 Å². The van der Waals surface area contributed by atoms with E-state index in [1.54, 1.807) is 37.3 Å². The molecule has 0 aliphatic rings. The Morgan fingerprint density at radius 2 is 1.54 bits per heavy atom. The smallest absolute Gasteiger partial charge is 0.264 e. The van der Waals surface area contributed by atoms with Crippen molar-refractivity contribution < 1.29 is 18.0 Å². The molecule has 4 aromatic carbocycles. The molecular formula is C36H39BrClN3O4S. The van der Waals surface area contributed by atoms with Gasteiger partial charge >= 0.3 is 0 Å². The van der Waals surface area contributed by atoms with Gasteiger partial charge in [0.25, 0.3) is 10.0 Å². The number of benzene rings is 4. The van der Waals surface area contributed by atoms with E-state index in [4.69, 9.17) is 11.6 Å². The molecule has 0 aliphatic heterocycles. The topological polar surface area (TPSA) is 86.8 Å². The highest BCUT2D eigenvalue weighted by atomic mass is 79.9. The van der Waals surface area contributed by atoms with E-state index in [0.29, 0.717) is 22.8 Å². The van der Waals surface area contributed by atoms with Crippen LogP contribution in [0.4, 0.5) is 5.69 Å². The van der Waals surface area contributed by atoms with Crippen LogP contribution in [-0.4, -0.2) is 44.3 Å². The normalized spacial score (nSPS) is 12.1. The summed E-state index contributed by atoms with van der Waals surface area (Å²) in [5.41, 5.74) is 3.47. The van der Waals surface area contributed by atoms with Gasteiger partial charge in [-0.2, -0.15) is 0 Å². The van der Waals surface area contributed by atoms with Gasteiger partial charge in [-0.15, -0.1) is 0 Å². The summed E-state index contributed by atoms with van der Waals surface area (Å²) in [4.78, 5) is 30.0. The Morgan fingerprint density at radius 1 is 0.870 bits per heavy atom. The number of carbonyl (C=O) groups is 2. The number of nitrogens with one attached hydrogen (secondary N) is 1. The first-order valence-electron chi connectivity index (χ1n) is 15.1. The van der Waals surface area contributed by atoms with E-state index in [1.807, 2.05) is 75.4 Å². The molecule has 4 aromatic rings. The Balaban J connectivity index is 1.82. The monoisotopic (exact) mass is 723 g/mol. The number of amides is 2. The third-order valence-corrected chi connectivity index (χ3v) is 10.0. The lowest BCUT2D eigenvalue weighted by Crippen LogP contribution is -2.53. The third-order valence-electron chi connectivity index (χ3n) is 7.51. The van der Waals surface area contributed by atoms with Crippen molar-refractivity contribution >= 4 is 55.1 Å². The molecule has 7 nitrogen and oxygen atoms in total. The number of sulfonamides is 1. The Kier molecular flexibility index (Phi) is 12.1. The van der Waals surface area contributed by atoms with Crippen molar-refractivity contribution in [3.63, 3.8) is 0 Å². The minimum absolute atomic E-state index is 0.0503. The summed E-state index contributed by atoms with van der Waals surface area (Å²) in [6.07, 6.45) is 0.245. The number of hydrogen-bond acceptors (Lipinski definition) is 4. The fourth-order valence-electron chi connectivity index (χ4n) is 5.06. The Morgan fingerprint density at radius 3 is 2.17 bits per heavy atom. The molecule has 4 rings (SSSR count). The maximum Gasteiger partial charge on any atom is 0.264 e. The van der Waals surface area contributed by atoms with Crippen LogP contribution in [0.3, 0.4) is 0 Å². The minimum Gasteiger partial charge on any atom is -0.354 e. The van der Waals surface area contributed by atoms with Gasteiger partial charge in [0.05, 0.1) is 10.6 Å². The van der Waals surface area contributed by atoms with Crippen molar-refractivity contribution in [1.29, 1.82) is 0 Å². The number of anilines is 1. The maximum absolute atomic E-state index is 14.6. The van der Waals surface area contributed by atoms with Crippen LogP contribution in [0, 0.1) is 19.8 Å². The zero-order chi connectivity index (χ0) is 33.4. The van der Waals surface area contributed by atoms with Crippen molar-refractivity contribution in [3.8, 4) is 0 Å². The van der Waals surface area contributed by atoms with Crippen LogP contribution in [0.5, 0.6) is 0 Å². The summed E-state index contributed by atoms with van der Waals surface area (Å²) in [7, 11) is -4.21. The van der Waals surface area contributed by atoms with Gasteiger partial charge in [-0.3, -0.25) is 13.9 Å². The fourth-order valence-corrected chi connectivity index (χ4v) is 7.21. The summed E-state index contributed by atoms with van der Waals surface area (Å²) < 4.78 is 30.4. The Hall–Kier alpha value is -3.66. The average molecular weight is 725 g/mol. The zero-order valence-corrected chi connectivity index (χ0v) is 29.6. The van der Waals surface area contributed by atoms with Crippen LogP contribution in [0.2, 0.25) is 5.02 Å². The fraction of sp³-hybridized carbons (Fsp3) is 0.278. The van der Waals surface area contributed by atoms with Gasteiger partial charge in [-0.25, -0.2) is 8.42 Å². The van der Waals surface area contributed by atoms with Crippen molar-refractivity contribution in [1.82, 2.24) is 10.2 Å². The Labute approximate surface area is 285 Å². The largest absolute Gasteiger partial charge is 0.354 e. The van der Waals surface area contributed by atoms with Gasteiger partial charge in [0.2, 0.25) is 11.8 Å².